The first-order chi connectivity index (χ1) is 27.8. The second kappa shape index (κ2) is 13.4. The molecular formula is C51H38N4O. The van der Waals surface area contributed by atoms with Crippen molar-refractivity contribution in [2.45, 2.75) is 18.2 Å². The molecule has 268 valence electrons. The molecule has 2 N–H and O–H groups in total. The summed E-state index contributed by atoms with van der Waals surface area (Å²) in [5.74, 6) is 2.76. The molecular weight excluding hydrogens is 685 g/mol. The fourth-order valence-electron chi connectivity index (χ4n) is 9.02. The molecule has 11 rings (SSSR count). The van der Waals surface area contributed by atoms with Crippen molar-refractivity contribution in [1.82, 2.24) is 15.2 Å². The van der Waals surface area contributed by atoms with Crippen molar-refractivity contribution >= 4 is 27.6 Å². The third-order valence-corrected chi connectivity index (χ3v) is 11.5. The highest BCUT2D eigenvalue weighted by atomic mass is 16.5. The normalized spacial score (nSPS) is 19.8. The number of para-hydroxylation sites is 2. The number of fused-ring (bicyclic) bond motifs is 6. The zero-order valence-electron chi connectivity index (χ0n) is 30.6. The van der Waals surface area contributed by atoms with Crippen LogP contribution in [0.15, 0.2) is 205 Å². The zero-order valence-corrected chi connectivity index (χ0v) is 30.6. The van der Waals surface area contributed by atoms with Crippen LogP contribution >= 0.6 is 0 Å². The van der Waals surface area contributed by atoms with E-state index < -0.39 is 0 Å². The lowest BCUT2D eigenvalue weighted by molar-refractivity contribution is 0.289. The minimum absolute atomic E-state index is 0.000334. The minimum atomic E-state index is -0.385. The van der Waals surface area contributed by atoms with Crippen molar-refractivity contribution in [1.29, 1.82) is 0 Å². The van der Waals surface area contributed by atoms with E-state index >= 15 is 0 Å². The second-order valence-corrected chi connectivity index (χ2v) is 14.7. The zero-order chi connectivity index (χ0) is 37.0. The molecule has 0 fully saturated rings. The van der Waals surface area contributed by atoms with Gasteiger partial charge in [-0.2, -0.15) is 0 Å². The summed E-state index contributed by atoms with van der Waals surface area (Å²) in [6, 6.07) is 62.5. The Labute approximate surface area is 325 Å². The molecule has 0 bridgehead atoms. The molecule has 0 saturated heterocycles. The summed E-state index contributed by atoms with van der Waals surface area (Å²) in [4.78, 5) is 5.54. The van der Waals surface area contributed by atoms with Gasteiger partial charge in [-0.1, -0.05) is 158 Å². The highest BCUT2D eigenvalue weighted by molar-refractivity contribution is 6.09. The minimum Gasteiger partial charge on any atom is -0.461 e. The van der Waals surface area contributed by atoms with Crippen molar-refractivity contribution in [3.05, 3.63) is 217 Å². The predicted octanol–water partition coefficient (Wildman–Crippen LogP) is 11.3. The Morgan fingerprint density at radius 2 is 1.21 bits per heavy atom. The number of nitrogens with one attached hydrogen (secondary N) is 2. The molecule has 1 aliphatic carbocycles. The van der Waals surface area contributed by atoms with Gasteiger partial charge in [0, 0.05) is 33.4 Å². The molecule has 3 aliphatic rings. The number of aromatic nitrogens is 1. The number of ether oxygens (including phenoxy) is 1. The molecule has 4 atom stereocenters. The van der Waals surface area contributed by atoms with Crippen molar-refractivity contribution in [3.8, 4) is 33.7 Å². The number of hydrogen-bond acceptors (Lipinski definition) is 4. The van der Waals surface area contributed by atoms with Crippen LogP contribution in [-0.4, -0.2) is 16.6 Å². The van der Waals surface area contributed by atoms with E-state index in [2.05, 4.69) is 209 Å². The van der Waals surface area contributed by atoms with Gasteiger partial charge in [0.05, 0.1) is 28.8 Å². The van der Waals surface area contributed by atoms with E-state index in [-0.39, 0.29) is 24.2 Å². The molecule has 0 amide bonds. The van der Waals surface area contributed by atoms with Crippen LogP contribution in [0.4, 0.5) is 0 Å². The van der Waals surface area contributed by atoms with Gasteiger partial charge in [-0.3, -0.25) is 5.32 Å². The van der Waals surface area contributed by atoms with Crippen molar-refractivity contribution in [2.24, 2.45) is 10.9 Å². The van der Waals surface area contributed by atoms with Crippen LogP contribution in [0, 0.1) is 5.92 Å². The Morgan fingerprint density at radius 1 is 0.571 bits per heavy atom. The SMILES string of the molecule is C1=CC(C2NC(c3ccccc3)=NC(c3cc(-c4ccccc4)ccc3-n3c4ccccc4c4ccccc43)N2)C2C(=C1)Oc1cccc(-c3ccccc3)c12. The fourth-order valence-corrected chi connectivity index (χ4v) is 9.02. The van der Waals surface area contributed by atoms with Gasteiger partial charge < -0.3 is 14.6 Å². The first-order valence-electron chi connectivity index (χ1n) is 19.4. The Morgan fingerprint density at radius 3 is 1.93 bits per heavy atom. The van der Waals surface area contributed by atoms with Gasteiger partial charge >= 0.3 is 0 Å². The molecule has 5 heteroatoms. The first kappa shape index (κ1) is 32.5. The third-order valence-electron chi connectivity index (χ3n) is 11.5. The standard InChI is InChI=1S/C51H38N4O/c1-4-16-33(17-5-1)36-30-31-44(55-42-26-12-10-22-38(42)39-23-11-13-27-43(39)55)41(32-36)51-53-49(35-20-8-3-9-21-35)52-50(54-51)40-25-15-29-46-48(40)47-37(24-14-28-45(47)56-46)34-18-6-2-7-19-34/h1-32,40,48,50-51,54H,(H,52,53). The lowest BCUT2D eigenvalue weighted by atomic mass is 9.77. The number of allylic oxidation sites excluding steroid dienone is 3. The molecule has 0 radical (unpaired) electrons. The second-order valence-electron chi connectivity index (χ2n) is 14.7. The molecule has 56 heavy (non-hydrogen) atoms. The van der Waals surface area contributed by atoms with Crippen LogP contribution in [0.5, 0.6) is 5.75 Å². The third kappa shape index (κ3) is 5.39. The molecule has 0 saturated carbocycles. The summed E-state index contributed by atoms with van der Waals surface area (Å²) in [5, 5.41) is 10.4. The van der Waals surface area contributed by atoms with Gasteiger partial charge in [0.2, 0.25) is 0 Å². The maximum Gasteiger partial charge on any atom is 0.131 e. The molecule has 3 heterocycles. The summed E-state index contributed by atoms with van der Waals surface area (Å²) < 4.78 is 9.07. The molecule has 0 spiro atoms. The van der Waals surface area contributed by atoms with Crippen LogP contribution in [0.1, 0.15) is 28.8 Å². The van der Waals surface area contributed by atoms with Gasteiger partial charge in [-0.05, 0) is 58.7 Å². The summed E-state index contributed by atoms with van der Waals surface area (Å²) in [6.07, 6.45) is 6.03. The van der Waals surface area contributed by atoms with Gasteiger partial charge in [-0.15, -0.1) is 0 Å². The van der Waals surface area contributed by atoms with Crippen LogP contribution < -0.4 is 15.4 Å². The van der Waals surface area contributed by atoms with E-state index in [0.29, 0.717) is 0 Å². The maximum atomic E-state index is 6.65. The molecule has 4 unspecified atom stereocenters. The maximum absolute atomic E-state index is 6.65. The summed E-state index contributed by atoms with van der Waals surface area (Å²) in [7, 11) is 0. The monoisotopic (exact) mass is 722 g/mol. The average Bonchev–Trinajstić information content (AvgIpc) is 3.83. The van der Waals surface area contributed by atoms with Gasteiger partial charge in [-0.25, -0.2) is 4.99 Å². The smallest absolute Gasteiger partial charge is 0.131 e. The number of amidine groups is 1. The number of benzene rings is 7. The quantitative estimate of drug-likeness (QED) is 0.180. The molecule has 5 nitrogen and oxygen atoms in total. The van der Waals surface area contributed by atoms with Crippen LogP contribution in [-0.2, 0) is 0 Å². The number of nitrogens with zero attached hydrogens (tertiary/aromatic N) is 2. The fraction of sp³-hybridized carbons (Fsp3) is 0.0784. The topological polar surface area (TPSA) is 50.6 Å². The lowest BCUT2D eigenvalue weighted by Gasteiger charge is -2.39. The van der Waals surface area contributed by atoms with E-state index in [0.717, 1.165) is 39.7 Å². The molecule has 1 aromatic heterocycles. The molecule has 7 aromatic carbocycles. The van der Waals surface area contributed by atoms with Gasteiger partial charge in [0.25, 0.3) is 0 Å². The highest BCUT2D eigenvalue weighted by Gasteiger charge is 2.43. The predicted molar refractivity (Wildman–Crippen MR) is 228 cm³/mol. The van der Waals surface area contributed by atoms with Crippen molar-refractivity contribution < 1.29 is 4.74 Å². The Balaban J connectivity index is 1.10. The number of aliphatic imine (C=N–C) groups is 1. The highest BCUT2D eigenvalue weighted by Crippen LogP contribution is 2.52. The largest absolute Gasteiger partial charge is 0.461 e. The lowest BCUT2D eigenvalue weighted by Crippen LogP contribution is -2.56. The molecule has 8 aromatic rings. The van der Waals surface area contributed by atoms with E-state index in [1.165, 1.54) is 44.1 Å². The molecule has 2 aliphatic heterocycles. The number of rotatable bonds is 6. The van der Waals surface area contributed by atoms with Gasteiger partial charge in [0.15, 0.2) is 0 Å². The van der Waals surface area contributed by atoms with E-state index in [4.69, 9.17) is 9.73 Å². The van der Waals surface area contributed by atoms with E-state index in [1.54, 1.807) is 0 Å². The van der Waals surface area contributed by atoms with E-state index in [9.17, 15) is 0 Å². The average molecular weight is 723 g/mol. The first-order valence-corrected chi connectivity index (χ1v) is 19.4. The Kier molecular flexibility index (Phi) is 7.78. The summed E-state index contributed by atoms with van der Waals surface area (Å²) in [6.45, 7) is 0. The summed E-state index contributed by atoms with van der Waals surface area (Å²) in [5.41, 5.74) is 11.5. The van der Waals surface area contributed by atoms with Crippen molar-refractivity contribution in [3.63, 3.8) is 0 Å². The van der Waals surface area contributed by atoms with Crippen LogP contribution in [0.25, 0.3) is 49.7 Å². The van der Waals surface area contributed by atoms with Crippen molar-refractivity contribution in [2.75, 3.05) is 0 Å². The number of hydrogen-bond donors (Lipinski definition) is 2. The Hall–Kier alpha value is -6.95. The van der Waals surface area contributed by atoms with Crippen LogP contribution in [0.2, 0.25) is 0 Å². The van der Waals surface area contributed by atoms with Crippen LogP contribution in [0.3, 0.4) is 0 Å². The van der Waals surface area contributed by atoms with Gasteiger partial charge in [0.1, 0.15) is 23.5 Å². The summed E-state index contributed by atoms with van der Waals surface area (Å²) >= 11 is 0. The van der Waals surface area contributed by atoms with E-state index in [1.807, 2.05) is 0 Å². The Bertz CT molecular complexity index is 2800.